The van der Waals surface area contributed by atoms with E-state index >= 15 is 0 Å². The number of benzene rings is 1. The second kappa shape index (κ2) is 5.25. The molecule has 0 radical (unpaired) electrons. The first-order valence-electron chi connectivity index (χ1n) is 4.15. The Labute approximate surface area is 90.4 Å². The predicted octanol–water partition coefficient (Wildman–Crippen LogP) is 1.93. The van der Waals surface area contributed by atoms with Gasteiger partial charge in [0.25, 0.3) is 0 Å². The standard InChI is InChI=1S/C9H10ClF2NO2/c10-6-3-5(7(13)4-14)1-2-8(6)15-9(11)12/h1-3,7,9,14H,4,13H2/t7-/m1/s1. The van der Waals surface area contributed by atoms with Crippen LogP contribution < -0.4 is 10.5 Å². The van der Waals surface area contributed by atoms with Crippen molar-refractivity contribution in [3.8, 4) is 5.75 Å². The van der Waals surface area contributed by atoms with Crippen molar-refractivity contribution in [1.82, 2.24) is 0 Å². The van der Waals surface area contributed by atoms with Gasteiger partial charge in [0.15, 0.2) is 0 Å². The van der Waals surface area contributed by atoms with Gasteiger partial charge in [0.05, 0.1) is 17.7 Å². The van der Waals surface area contributed by atoms with Crippen LogP contribution in [0.2, 0.25) is 5.02 Å². The average molecular weight is 238 g/mol. The van der Waals surface area contributed by atoms with Crippen LogP contribution in [0.1, 0.15) is 11.6 Å². The summed E-state index contributed by atoms with van der Waals surface area (Å²) in [6.07, 6.45) is 0. The molecule has 0 fully saturated rings. The van der Waals surface area contributed by atoms with E-state index in [1.54, 1.807) is 0 Å². The van der Waals surface area contributed by atoms with Crippen molar-refractivity contribution in [2.45, 2.75) is 12.7 Å². The quantitative estimate of drug-likeness (QED) is 0.841. The van der Waals surface area contributed by atoms with Gasteiger partial charge in [-0.05, 0) is 17.7 Å². The van der Waals surface area contributed by atoms with Crippen LogP contribution in [-0.2, 0) is 0 Å². The maximum Gasteiger partial charge on any atom is 0.387 e. The first-order chi connectivity index (χ1) is 7.04. The van der Waals surface area contributed by atoms with Crippen molar-refractivity contribution in [2.75, 3.05) is 6.61 Å². The molecule has 1 rings (SSSR count). The lowest BCUT2D eigenvalue weighted by Crippen LogP contribution is -2.14. The van der Waals surface area contributed by atoms with Crippen molar-refractivity contribution >= 4 is 11.6 Å². The van der Waals surface area contributed by atoms with Crippen LogP contribution in [0, 0.1) is 0 Å². The van der Waals surface area contributed by atoms with Gasteiger partial charge in [-0.1, -0.05) is 17.7 Å². The Morgan fingerprint density at radius 3 is 2.60 bits per heavy atom. The second-order valence-electron chi connectivity index (χ2n) is 2.86. The molecule has 6 heteroatoms. The fraction of sp³-hybridized carbons (Fsp3) is 0.333. The lowest BCUT2D eigenvalue weighted by atomic mass is 10.1. The molecule has 0 bridgehead atoms. The Balaban J connectivity index is 2.88. The Hall–Kier alpha value is -0.910. The maximum absolute atomic E-state index is 11.9. The highest BCUT2D eigenvalue weighted by molar-refractivity contribution is 6.32. The molecule has 0 amide bonds. The smallest absolute Gasteiger partial charge is 0.387 e. The van der Waals surface area contributed by atoms with Gasteiger partial charge in [-0.3, -0.25) is 0 Å². The molecule has 0 aliphatic carbocycles. The first-order valence-corrected chi connectivity index (χ1v) is 4.53. The molecule has 84 valence electrons. The van der Waals surface area contributed by atoms with Gasteiger partial charge >= 0.3 is 6.61 Å². The minimum atomic E-state index is -2.92. The molecule has 0 saturated carbocycles. The summed E-state index contributed by atoms with van der Waals surface area (Å²) in [5, 5.41) is 8.81. The summed E-state index contributed by atoms with van der Waals surface area (Å²) in [6.45, 7) is -3.16. The molecule has 0 spiro atoms. The topological polar surface area (TPSA) is 55.5 Å². The molecule has 0 aromatic heterocycles. The summed E-state index contributed by atoms with van der Waals surface area (Å²) in [5.41, 5.74) is 6.08. The summed E-state index contributed by atoms with van der Waals surface area (Å²) < 4.78 is 27.9. The molecule has 0 aliphatic rings. The van der Waals surface area contributed by atoms with E-state index in [-0.39, 0.29) is 17.4 Å². The highest BCUT2D eigenvalue weighted by atomic mass is 35.5. The zero-order valence-corrected chi connectivity index (χ0v) is 8.42. The number of alkyl halides is 2. The minimum Gasteiger partial charge on any atom is -0.433 e. The van der Waals surface area contributed by atoms with Gasteiger partial charge in [-0.2, -0.15) is 8.78 Å². The van der Waals surface area contributed by atoms with Gasteiger partial charge < -0.3 is 15.6 Å². The van der Waals surface area contributed by atoms with Crippen LogP contribution in [0.3, 0.4) is 0 Å². The number of rotatable bonds is 4. The summed E-state index contributed by atoms with van der Waals surface area (Å²) in [7, 11) is 0. The Morgan fingerprint density at radius 1 is 1.47 bits per heavy atom. The van der Waals surface area contributed by atoms with Crippen molar-refractivity contribution in [3.63, 3.8) is 0 Å². The molecule has 0 heterocycles. The molecule has 1 aromatic carbocycles. The van der Waals surface area contributed by atoms with E-state index in [0.717, 1.165) is 0 Å². The second-order valence-corrected chi connectivity index (χ2v) is 3.26. The van der Waals surface area contributed by atoms with E-state index in [4.69, 9.17) is 22.4 Å². The number of aliphatic hydroxyl groups is 1. The van der Waals surface area contributed by atoms with Crippen molar-refractivity contribution in [2.24, 2.45) is 5.73 Å². The van der Waals surface area contributed by atoms with E-state index in [1.165, 1.54) is 18.2 Å². The number of aliphatic hydroxyl groups excluding tert-OH is 1. The van der Waals surface area contributed by atoms with Crippen molar-refractivity contribution in [3.05, 3.63) is 28.8 Å². The number of ether oxygens (including phenoxy) is 1. The molecule has 15 heavy (non-hydrogen) atoms. The molecule has 0 unspecified atom stereocenters. The lowest BCUT2D eigenvalue weighted by Gasteiger charge is -2.11. The number of nitrogens with two attached hydrogens (primary N) is 1. The Morgan fingerprint density at radius 2 is 2.13 bits per heavy atom. The van der Waals surface area contributed by atoms with Gasteiger partial charge in [-0.25, -0.2) is 0 Å². The third kappa shape index (κ3) is 3.30. The van der Waals surface area contributed by atoms with Gasteiger partial charge in [0.1, 0.15) is 5.75 Å². The predicted molar refractivity (Wildman–Crippen MR) is 52.1 cm³/mol. The van der Waals surface area contributed by atoms with E-state index in [9.17, 15) is 8.78 Å². The van der Waals surface area contributed by atoms with E-state index in [1.807, 2.05) is 0 Å². The summed E-state index contributed by atoms with van der Waals surface area (Å²) >= 11 is 5.68. The molecule has 1 atom stereocenters. The zero-order chi connectivity index (χ0) is 11.4. The third-order valence-electron chi connectivity index (χ3n) is 1.80. The number of halogens is 3. The fourth-order valence-electron chi connectivity index (χ4n) is 1.04. The van der Waals surface area contributed by atoms with Crippen LogP contribution in [0.5, 0.6) is 5.75 Å². The molecular formula is C9H10ClF2NO2. The molecule has 1 aromatic rings. The highest BCUT2D eigenvalue weighted by Crippen LogP contribution is 2.28. The van der Waals surface area contributed by atoms with Crippen LogP contribution in [0.4, 0.5) is 8.78 Å². The van der Waals surface area contributed by atoms with Crippen LogP contribution in [0.25, 0.3) is 0 Å². The largest absolute Gasteiger partial charge is 0.433 e. The van der Waals surface area contributed by atoms with Crippen molar-refractivity contribution < 1.29 is 18.6 Å². The highest BCUT2D eigenvalue weighted by Gasteiger charge is 2.11. The summed E-state index contributed by atoms with van der Waals surface area (Å²) in [5.74, 6) is -0.111. The van der Waals surface area contributed by atoms with Gasteiger partial charge in [-0.15, -0.1) is 0 Å². The maximum atomic E-state index is 11.9. The Bertz CT molecular complexity index is 336. The molecular weight excluding hydrogens is 228 g/mol. The molecule has 0 saturated heterocycles. The molecule has 3 N–H and O–H groups in total. The van der Waals surface area contributed by atoms with Crippen LogP contribution in [0.15, 0.2) is 18.2 Å². The minimum absolute atomic E-state index is 0.0386. The first kappa shape index (κ1) is 12.2. The average Bonchev–Trinajstić information content (AvgIpc) is 2.19. The van der Waals surface area contributed by atoms with Crippen LogP contribution >= 0.6 is 11.6 Å². The molecule has 3 nitrogen and oxygen atoms in total. The van der Waals surface area contributed by atoms with Crippen LogP contribution in [-0.4, -0.2) is 18.3 Å². The lowest BCUT2D eigenvalue weighted by molar-refractivity contribution is -0.0498. The Kier molecular flexibility index (Phi) is 4.26. The summed E-state index contributed by atoms with van der Waals surface area (Å²) in [4.78, 5) is 0. The van der Waals surface area contributed by atoms with Gasteiger partial charge in [0, 0.05) is 0 Å². The summed E-state index contributed by atoms with van der Waals surface area (Å²) in [6, 6.07) is 3.58. The monoisotopic (exact) mass is 237 g/mol. The third-order valence-corrected chi connectivity index (χ3v) is 2.09. The zero-order valence-electron chi connectivity index (χ0n) is 7.66. The van der Waals surface area contributed by atoms with E-state index < -0.39 is 12.7 Å². The normalized spacial score (nSPS) is 12.9. The van der Waals surface area contributed by atoms with Gasteiger partial charge in [0.2, 0.25) is 0 Å². The SMILES string of the molecule is N[C@H](CO)c1ccc(OC(F)F)c(Cl)c1. The van der Waals surface area contributed by atoms with E-state index in [2.05, 4.69) is 4.74 Å². The van der Waals surface area contributed by atoms with Crippen molar-refractivity contribution in [1.29, 1.82) is 0 Å². The number of hydrogen-bond donors (Lipinski definition) is 2. The van der Waals surface area contributed by atoms with E-state index in [0.29, 0.717) is 5.56 Å². The number of hydrogen-bond acceptors (Lipinski definition) is 3. The molecule has 0 aliphatic heterocycles. The fourth-order valence-corrected chi connectivity index (χ4v) is 1.28.